The van der Waals surface area contributed by atoms with Crippen LogP contribution in [-0.2, 0) is 21.4 Å². The summed E-state index contributed by atoms with van der Waals surface area (Å²) in [6, 6.07) is 15.2. The second-order valence-electron chi connectivity index (χ2n) is 7.50. The van der Waals surface area contributed by atoms with Crippen molar-refractivity contribution in [2.24, 2.45) is 0 Å². The maximum absolute atomic E-state index is 13.2. The lowest BCUT2D eigenvalue weighted by Crippen LogP contribution is -2.54. The van der Waals surface area contributed by atoms with Crippen LogP contribution in [0, 0.1) is 0 Å². The maximum atomic E-state index is 13.2. The summed E-state index contributed by atoms with van der Waals surface area (Å²) in [5.41, 5.74) is 1.18. The van der Waals surface area contributed by atoms with E-state index in [0.717, 1.165) is 19.6 Å². The van der Waals surface area contributed by atoms with Crippen molar-refractivity contribution in [3.05, 3.63) is 65.2 Å². The van der Waals surface area contributed by atoms with Crippen LogP contribution in [0.15, 0.2) is 59.5 Å². The van der Waals surface area contributed by atoms with Crippen molar-refractivity contribution in [3.8, 4) is 0 Å². The number of rotatable bonds is 9. The third-order valence-electron chi connectivity index (χ3n) is 5.26. The first-order valence-electron chi connectivity index (χ1n) is 10.2. The van der Waals surface area contributed by atoms with Gasteiger partial charge in [-0.1, -0.05) is 41.9 Å². The minimum Gasteiger partial charge on any atom is -0.339 e. The number of nitrogens with zero attached hydrogens (tertiary/aromatic N) is 2. The van der Waals surface area contributed by atoms with E-state index in [1.54, 1.807) is 34.9 Å². The fourth-order valence-corrected chi connectivity index (χ4v) is 5.36. The van der Waals surface area contributed by atoms with E-state index in [9.17, 15) is 13.2 Å². The summed E-state index contributed by atoms with van der Waals surface area (Å²) in [5.74, 6) is 0.546. The third-order valence-corrected chi connectivity index (χ3v) is 7.65. The van der Waals surface area contributed by atoms with E-state index in [1.807, 2.05) is 30.5 Å². The highest BCUT2D eigenvalue weighted by Crippen LogP contribution is 2.15. The number of sulfonamides is 1. The molecule has 0 radical (unpaired) electrons. The molecule has 0 bridgehead atoms. The van der Waals surface area contributed by atoms with Crippen LogP contribution in [0.5, 0.6) is 0 Å². The Morgan fingerprint density at radius 1 is 1.06 bits per heavy atom. The van der Waals surface area contributed by atoms with Crippen LogP contribution in [-0.4, -0.2) is 68.4 Å². The predicted octanol–water partition coefficient (Wildman–Crippen LogP) is 3.08. The van der Waals surface area contributed by atoms with Crippen molar-refractivity contribution in [2.75, 3.05) is 38.2 Å². The molecule has 6 nitrogen and oxygen atoms in total. The predicted molar refractivity (Wildman–Crippen MR) is 127 cm³/mol. The van der Waals surface area contributed by atoms with Gasteiger partial charge in [0.05, 0.1) is 4.90 Å². The summed E-state index contributed by atoms with van der Waals surface area (Å²) < 4.78 is 28.2. The molecule has 1 aliphatic rings. The average molecular weight is 482 g/mol. The molecule has 9 heteroatoms. The largest absolute Gasteiger partial charge is 0.339 e. The third kappa shape index (κ3) is 6.95. The second kappa shape index (κ2) is 11.3. The van der Waals surface area contributed by atoms with Crippen molar-refractivity contribution in [1.82, 2.24) is 14.5 Å². The summed E-state index contributed by atoms with van der Waals surface area (Å²) in [4.78, 5) is 17.4. The number of nitrogens with one attached hydrogen (secondary N) is 1. The minimum absolute atomic E-state index is 0.153. The molecule has 0 unspecified atom stereocenters. The van der Waals surface area contributed by atoms with E-state index in [4.69, 9.17) is 11.6 Å². The Morgan fingerprint density at radius 3 is 2.32 bits per heavy atom. The fourth-order valence-electron chi connectivity index (χ4n) is 3.52. The van der Waals surface area contributed by atoms with Gasteiger partial charge in [0.15, 0.2) is 0 Å². The van der Waals surface area contributed by atoms with Crippen LogP contribution in [0.1, 0.15) is 12.0 Å². The Bertz CT molecular complexity index is 948. The quantitative estimate of drug-likeness (QED) is 0.596. The van der Waals surface area contributed by atoms with E-state index in [1.165, 1.54) is 17.7 Å². The van der Waals surface area contributed by atoms with Gasteiger partial charge in [-0.2, -0.15) is 16.5 Å². The van der Waals surface area contributed by atoms with Crippen molar-refractivity contribution in [2.45, 2.75) is 23.9 Å². The smallest absolute Gasteiger partial charge is 0.241 e. The molecule has 31 heavy (non-hydrogen) atoms. The molecule has 2 aromatic rings. The molecule has 1 fully saturated rings. The SMILES string of the molecule is CSCC[C@H](NS(=O)(=O)c1ccccc1)C(=O)N1CCN(Cc2ccc(Cl)cc2)CC1. The maximum Gasteiger partial charge on any atom is 0.241 e. The number of piperazine rings is 1. The normalized spacial score (nSPS) is 16.3. The van der Waals surface area contributed by atoms with Gasteiger partial charge in [0.2, 0.25) is 15.9 Å². The minimum atomic E-state index is -3.76. The number of thioether (sulfide) groups is 1. The number of carbonyl (C=O) groups is 1. The van der Waals surface area contributed by atoms with Gasteiger partial charge < -0.3 is 4.90 Å². The van der Waals surface area contributed by atoms with Gasteiger partial charge in [-0.25, -0.2) is 8.42 Å². The molecule has 1 saturated heterocycles. The number of hydrogen-bond donors (Lipinski definition) is 1. The first kappa shape index (κ1) is 24.1. The molecule has 3 rings (SSSR count). The van der Waals surface area contributed by atoms with Crippen LogP contribution < -0.4 is 4.72 Å². The Hall–Kier alpha value is -1.58. The Morgan fingerprint density at radius 2 is 1.71 bits per heavy atom. The summed E-state index contributed by atoms with van der Waals surface area (Å²) in [6.07, 6.45) is 2.40. The van der Waals surface area contributed by atoms with E-state index < -0.39 is 16.1 Å². The zero-order chi connectivity index (χ0) is 22.3. The number of benzene rings is 2. The van der Waals surface area contributed by atoms with E-state index in [2.05, 4.69) is 9.62 Å². The molecular weight excluding hydrogens is 454 g/mol. The molecule has 2 aromatic carbocycles. The highest BCUT2D eigenvalue weighted by Gasteiger charge is 2.30. The highest BCUT2D eigenvalue weighted by molar-refractivity contribution is 7.98. The van der Waals surface area contributed by atoms with Crippen LogP contribution in [0.2, 0.25) is 5.02 Å². The molecule has 1 atom stereocenters. The van der Waals surface area contributed by atoms with Crippen molar-refractivity contribution in [3.63, 3.8) is 0 Å². The van der Waals surface area contributed by atoms with Crippen LogP contribution in [0.3, 0.4) is 0 Å². The van der Waals surface area contributed by atoms with Gasteiger partial charge in [-0.05, 0) is 48.3 Å². The molecule has 1 N–H and O–H groups in total. The van der Waals surface area contributed by atoms with Crippen LogP contribution >= 0.6 is 23.4 Å². The molecule has 0 aromatic heterocycles. The van der Waals surface area contributed by atoms with Crippen molar-refractivity contribution in [1.29, 1.82) is 0 Å². The van der Waals surface area contributed by atoms with Gasteiger partial charge >= 0.3 is 0 Å². The fraction of sp³-hybridized carbons (Fsp3) is 0.409. The molecule has 1 amide bonds. The first-order valence-corrected chi connectivity index (χ1v) is 13.5. The average Bonchev–Trinajstić information content (AvgIpc) is 2.79. The monoisotopic (exact) mass is 481 g/mol. The highest BCUT2D eigenvalue weighted by atomic mass is 35.5. The standard InChI is InChI=1S/C22H28ClN3O3S2/c1-30-16-11-21(24-31(28,29)20-5-3-2-4-6-20)22(27)26-14-12-25(13-15-26)17-18-7-9-19(23)10-8-18/h2-10,21,24H,11-17H2,1H3/t21-/m0/s1. The molecular formula is C22H28ClN3O3S2. The lowest BCUT2D eigenvalue weighted by atomic mass is 10.1. The topological polar surface area (TPSA) is 69.7 Å². The Balaban J connectivity index is 1.60. The van der Waals surface area contributed by atoms with Gasteiger partial charge in [-0.3, -0.25) is 9.69 Å². The lowest BCUT2D eigenvalue weighted by molar-refractivity contribution is -0.134. The summed E-state index contributed by atoms with van der Waals surface area (Å²) in [6.45, 7) is 3.45. The van der Waals surface area contributed by atoms with Gasteiger partial charge in [0.1, 0.15) is 6.04 Å². The first-order chi connectivity index (χ1) is 14.9. The van der Waals surface area contributed by atoms with Gasteiger partial charge in [0.25, 0.3) is 0 Å². The second-order valence-corrected chi connectivity index (χ2v) is 10.6. The molecule has 1 heterocycles. The zero-order valence-corrected chi connectivity index (χ0v) is 19.9. The van der Waals surface area contributed by atoms with Crippen molar-refractivity contribution < 1.29 is 13.2 Å². The number of hydrogen-bond acceptors (Lipinski definition) is 5. The van der Waals surface area contributed by atoms with Crippen molar-refractivity contribution >= 4 is 39.3 Å². The van der Waals surface area contributed by atoms with E-state index in [-0.39, 0.29) is 10.8 Å². The molecule has 0 saturated carbocycles. The van der Waals surface area contributed by atoms with Gasteiger partial charge in [0, 0.05) is 37.7 Å². The summed E-state index contributed by atoms with van der Waals surface area (Å²) in [7, 11) is -3.76. The van der Waals surface area contributed by atoms with E-state index in [0.29, 0.717) is 30.3 Å². The van der Waals surface area contributed by atoms with Crippen LogP contribution in [0.4, 0.5) is 0 Å². The zero-order valence-electron chi connectivity index (χ0n) is 17.5. The summed E-state index contributed by atoms with van der Waals surface area (Å²) >= 11 is 7.55. The molecule has 0 spiro atoms. The molecule has 0 aliphatic carbocycles. The lowest BCUT2D eigenvalue weighted by Gasteiger charge is -2.36. The number of halogens is 1. The van der Waals surface area contributed by atoms with Crippen LogP contribution in [0.25, 0.3) is 0 Å². The number of carbonyl (C=O) groups excluding carboxylic acids is 1. The van der Waals surface area contributed by atoms with Gasteiger partial charge in [-0.15, -0.1) is 0 Å². The Labute approximate surface area is 194 Å². The molecule has 168 valence electrons. The number of amides is 1. The molecule has 1 aliphatic heterocycles. The summed E-state index contributed by atoms with van der Waals surface area (Å²) in [5, 5.41) is 0.716. The van der Waals surface area contributed by atoms with E-state index >= 15 is 0 Å². The Kier molecular flexibility index (Phi) is 8.80.